The van der Waals surface area contributed by atoms with Crippen LogP contribution in [0.1, 0.15) is 0 Å². The Hall–Kier alpha value is -0.280. The van der Waals surface area contributed by atoms with E-state index in [0.717, 1.165) is 0 Å². The Kier molecular flexibility index (Phi) is 2.51. The van der Waals surface area contributed by atoms with Crippen LogP contribution in [0.15, 0.2) is 18.2 Å². The largest absolute Gasteiger partial charge is 0.321 e. The first kappa shape index (κ1) is 7.82. The monoisotopic (exact) mass is 223 g/mol. The molecule has 0 radical (unpaired) electrons. The molecule has 1 aromatic carbocycles. The number of benzene rings is 1. The first-order chi connectivity index (χ1) is 4.75. The van der Waals surface area contributed by atoms with Crippen LogP contribution in [0.4, 0.5) is 10.1 Å². The Balaban J connectivity index is 3.14. The average Bonchev–Trinajstić information content (AvgIpc) is 1.95. The maximum atomic E-state index is 12.6. The number of halogens is 3. The SMILES string of the molecule is Fc1cccc(NBr)c1Cl. The van der Waals surface area contributed by atoms with Gasteiger partial charge in [-0.05, 0) is 12.1 Å². The Labute approximate surface area is 71.5 Å². The summed E-state index contributed by atoms with van der Waals surface area (Å²) in [5.41, 5.74) is 0.529. The summed E-state index contributed by atoms with van der Waals surface area (Å²) in [5.74, 6) is -0.425. The molecule has 0 bridgehead atoms. The lowest BCUT2D eigenvalue weighted by Crippen LogP contribution is -1.83. The lowest BCUT2D eigenvalue weighted by atomic mass is 10.3. The molecule has 1 aromatic rings. The zero-order valence-corrected chi connectivity index (χ0v) is 7.21. The molecule has 1 rings (SSSR count). The van der Waals surface area contributed by atoms with Gasteiger partial charge in [-0.15, -0.1) is 0 Å². The van der Waals surface area contributed by atoms with E-state index in [1.807, 2.05) is 0 Å². The highest BCUT2D eigenvalue weighted by Crippen LogP contribution is 2.24. The number of rotatable bonds is 1. The van der Waals surface area contributed by atoms with Crippen molar-refractivity contribution >= 4 is 33.4 Å². The van der Waals surface area contributed by atoms with E-state index in [4.69, 9.17) is 11.6 Å². The fourth-order valence-electron chi connectivity index (χ4n) is 0.577. The minimum absolute atomic E-state index is 0.0966. The summed E-state index contributed by atoms with van der Waals surface area (Å²) in [6.07, 6.45) is 0. The molecule has 0 aliphatic carbocycles. The first-order valence-electron chi connectivity index (χ1n) is 2.56. The summed E-state index contributed by atoms with van der Waals surface area (Å²) < 4.78 is 15.2. The number of anilines is 1. The van der Waals surface area contributed by atoms with Crippen LogP contribution >= 0.6 is 27.7 Å². The molecule has 0 saturated carbocycles. The second-order valence-corrected chi connectivity index (χ2v) is 2.47. The molecule has 0 amide bonds. The first-order valence-corrected chi connectivity index (χ1v) is 3.73. The molecule has 10 heavy (non-hydrogen) atoms. The summed E-state index contributed by atoms with van der Waals surface area (Å²) in [6.45, 7) is 0. The predicted molar refractivity (Wildman–Crippen MR) is 44.0 cm³/mol. The van der Waals surface area contributed by atoms with Gasteiger partial charge in [-0.2, -0.15) is 0 Å². The average molecular weight is 224 g/mol. The Morgan fingerprint density at radius 3 is 2.70 bits per heavy atom. The number of nitrogens with one attached hydrogen (secondary N) is 1. The smallest absolute Gasteiger partial charge is 0.143 e. The molecule has 0 aliphatic heterocycles. The molecule has 0 aromatic heterocycles. The van der Waals surface area contributed by atoms with Crippen LogP contribution < -0.4 is 4.34 Å². The summed E-state index contributed by atoms with van der Waals surface area (Å²) in [4.78, 5) is 0. The topological polar surface area (TPSA) is 12.0 Å². The van der Waals surface area contributed by atoms with Gasteiger partial charge in [0.15, 0.2) is 0 Å². The summed E-state index contributed by atoms with van der Waals surface area (Å²) in [6, 6.07) is 4.54. The van der Waals surface area contributed by atoms with Crippen molar-refractivity contribution in [2.24, 2.45) is 0 Å². The van der Waals surface area contributed by atoms with E-state index in [9.17, 15) is 4.39 Å². The van der Waals surface area contributed by atoms with Crippen LogP contribution in [0.3, 0.4) is 0 Å². The van der Waals surface area contributed by atoms with Crippen LogP contribution in [0.2, 0.25) is 5.02 Å². The molecule has 1 nitrogen and oxygen atoms in total. The third kappa shape index (κ3) is 1.41. The van der Waals surface area contributed by atoms with E-state index in [0.29, 0.717) is 5.69 Å². The Morgan fingerprint density at radius 1 is 1.50 bits per heavy atom. The fraction of sp³-hybridized carbons (Fsp3) is 0. The van der Waals surface area contributed by atoms with Crippen LogP contribution in [-0.2, 0) is 0 Å². The van der Waals surface area contributed by atoms with Crippen molar-refractivity contribution in [3.05, 3.63) is 29.0 Å². The third-order valence-corrected chi connectivity index (χ3v) is 1.86. The normalized spacial score (nSPS) is 9.50. The van der Waals surface area contributed by atoms with Gasteiger partial charge in [0.25, 0.3) is 0 Å². The van der Waals surface area contributed by atoms with Crippen molar-refractivity contribution in [1.82, 2.24) is 0 Å². The molecule has 0 aliphatic rings. The molecule has 0 fully saturated rings. The maximum Gasteiger partial charge on any atom is 0.143 e. The quantitative estimate of drug-likeness (QED) is 0.722. The minimum atomic E-state index is -0.425. The molecule has 0 spiro atoms. The van der Waals surface area contributed by atoms with Gasteiger partial charge < -0.3 is 4.34 Å². The number of hydrogen-bond acceptors (Lipinski definition) is 1. The van der Waals surface area contributed by atoms with Crippen molar-refractivity contribution in [3.63, 3.8) is 0 Å². The van der Waals surface area contributed by atoms with Crippen molar-refractivity contribution in [1.29, 1.82) is 0 Å². The second kappa shape index (κ2) is 3.21. The standard InChI is InChI=1S/C6H4BrClFN/c7-10-5-3-1-2-4(9)6(5)8/h1-3,10H. The van der Waals surface area contributed by atoms with E-state index in [1.165, 1.54) is 6.07 Å². The van der Waals surface area contributed by atoms with Crippen LogP contribution in [0.25, 0.3) is 0 Å². The summed E-state index contributed by atoms with van der Waals surface area (Å²) in [5, 5.41) is 0.0966. The van der Waals surface area contributed by atoms with Gasteiger partial charge in [-0.25, -0.2) is 4.39 Å². The van der Waals surface area contributed by atoms with E-state index in [1.54, 1.807) is 12.1 Å². The van der Waals surface area contributed by atoms with E-state index >= 15 is 0 Å². The molecular weight excluding hydrogens is 220 g/mol. The highest BCUT2D eigenvalue weighted by atomic mass is 79.9. The van der Waals surface area contributed by atoms with Crippen LogP contribution in [-0.4, -0.2) is 0 Å². The van der Waals surface area contributed by atoms with Gasteiger partial charge in [0.2, 0.25) is 0 Å². The molecule has 0 atom stereocenters. The Morgan fingerprint density at radius 2 is 2.20 bits per heavy atom. The van der Waals surface area contributed by atoms with Crippen LogP contribution in [0, 0.1) is 5.82 Å². The van der Waals surface area contributed by atoms with Crippen molar-refractivity contribution < 1.29 is 4.39 Å². The fourth-order valence-corrected chi connectivity index (χ4v) is 1.19. The zero-order valence-electron chi connectivity index (χ0n) is 4.87. The minimum Gasteiger partial charge on any atom is -0.321 e. The molecule has 1 N–H and O–H groups in total. The third-order valence-electron chi connectivity index (χ3n) is 1.05. The van der Waals surface area contributed by atoms with Crippen molar-refractivity contribution in [2.45, 2.75) is 0 Å². The summed E-state index contributed by atoms with van der Waals surface area (Å²) >= 11 is 8.47. The second-order valence-electron chi connectivity index (χ2n) is 1.70. The highest BCUT2D eigenvalue weighted by molar-refractivity contribution is 9.10. The molecule has 0 heterocycles. The van der Waals surface area contributed by atoms with E-state index < -0.39 is 5.82 Å². The molecular formula is C6H4BrClFN. The molecule has 4 heteroatoms. The van der Waals surface area contributed by atoms with Gasteiger partial charge in [0.1, 0.15) is 10.8 Å². The maximum absolute atomic E-state index is 12.6. The molecule has 0 saturated heterocycles. The Bertz CT molecular complexity index is 241. The highest BCUT2D eigenvalue weighted by Gasteiger charge is 2.02. The number of hydrogen-bond donors (Lipinski definition) is 1. The van der Waals surface area contributed by atoms with Gasteiger partial charge >= 0.3 is 0 Å². The van der Waals surface area contributed by atoms with E-state index in [2.05, 4.69) is 20.5 Å². The van der Waals surface area contributed by atoms with Gasteiger partial charge in [-0.1, -0.05) is 17.7 Å². The van der Waals surface area contributed by atoms with E-state index in [-0.39, 0.29) is 5.02 Å². The lowest BCUT2D eigenvalue weighted by molar-refractivity contribution is 0.629. The van der Waals surface area contributed by atoms with Gasteiger partial charge in [0.05, 0.1) is 5.69 Å². The zero-order chi connectivity index (χ0) is 7.56. The van der Waals surface area contributed by atoms with Crippen LogP contribution in [0.5, 0.6) is 0 Å². The van der Waals surface area contributed by atoms with Gasteiger partial charge in [-0.3, -0.25) is 0 Å². The van der Waals surface area contributed by atoms with Gasteiger partial charge in [0, 0.05) is 16.1 Å². The molecule has 54 valence electrons. The predicted octanol–water partition coefficient (Wildman–Crippen LogP) is 3.20. The van der Waals surface area contributed by atoms with Crippen molar-refractivity contribution in [3.8, 4) is 0 Å². The lowest BCUT2D eigenvalue weighted by Gasteiger charge is -1.99. The van der Waals surface area contributed by atoms with Crippen molar-refractivity contribution in [2.75, 3.05) is 4.34 Å². The molecule has 0 unspecified atom stereocenters. The summed E-state index contributed by atoms with van der Waals surface area (Å²) in [7, 11) is 0.